The van der Waals surface area contributed by atoms with Crippen LogP contribution in [0.3, 0.4) is 0 Å². The first kappa shape index (κ1) is 13.1. The zero-order valence-corrected chi connectivity index (χ0v) is 9.15. The highest BCUT2D eigenvalue weighted by atomic mass is 19.4. The number of alkyl halides is 3. The number of imidazole rings is 1. The highest BCUT2D eigenvalue weighted by molar-refractivity contribution is 5.85. The molecule has 0 radical (unpaired) electrons. The van der Waals surface area contributed by atoms with Gasteiger partial charge in [-0.3, -0.25) is 0 Å². The van der Waals surface area contributed by atoms with E-state index in [0.29, 0.717) is 12.1 Å². The van der Waals surface area contributed by atoms with E-state index in [-0.39, 0.29) is 11.4 Å². The summed E-state index contributed by atoms with van der Waals surface area (Å²) in [5.74, 6) is -2.43. The number of nitrogens with zero attached hydrogens (tertiary/aromatic N) is 2. The fourth-order valence-corrected chi connectivity index (χ4v) is 1.46. The first-order chi connectivity index (χ1) is 8.79. The van der Waals surface area contributed by atoms with Gasteiger partial charge in [0, 0.05) is 6.20 Å². The van der Waals surface area contributed by atoms with Gasteiger partial charge in [-0.05, 0) is 18.2 Å². The smallest absolute Gasteiger partial charge is 0.416 e. The molecule has 0 amide bonds. The Morgan fingerprint density at radius 1 is 1.32 bits per heavy atom. The Kier molecular flexibility index (Phi) is 3.01. The van der Waals surface area contributed by atoms with Crippen molar-refractivity contribution in [3.63, 3.8) is 0 Å². The molecule has 0 fully saturated rings. The van der Waals surface area contributed by atoms with E-state index in [1.54, 1.807) is 0 Å². The van der Waals surface area contributed by atoms with Crippen LogP contribution in [0.1, 0.15) is 16.1 Å². The molecule has 0 saturated carbocycles. The maximum Gasteiger partial charge on any atom is 0.416 e. The molecule has 100 valence electrons. The number of carboxylic acid groups (broad SMARTS) is 1. The van der Waals surface area contributed by atoms with Crippen molar-refractivity contribution in [1.82, 2.24) is 9.55 Å². The molecule has 0 saturated heterocycles. The van der Waals surface area contributed by atoms with Crippen LogP contribution in [0.5, 0.6) is 0 Å². The van der Waals surface area contributed by atoms with Gasteiger partial charge in [0.15, 0.2) is 5.69 Å². The number of benzene rings is 1. The number of halogens is 4. The molecule has 2 aromatic rings. The molecule has 0 atom stereocenters. The van der Waals surface area contributed by atoms with Gasteiger partial charge in [-0.25, -0.2) is 14.2 Å². The van der Waals surface area contributed by atoms with Crippen molar-refractivity contribution in [1.29, 1.82) is 0 Å². The van der Waals surface area contributed by atoms with Gasteiger partial charge < -0.3 is 9.67 Å². The number of rotatable bonds is 2. The first-order valence-electron chi connectivity index (χ1n) is 4.93. The van der Waals surface area contributed by atoms with E-state index in [2.05, 4.69) is 4.98 Å². The summed E-state index contributed by atoms with van der Waals surface area (Å²) < 4.78 is 51.6. The molecule has 0 bridgehead atoms. The van der Waals surface area contributed by atoms with Crippen molar-refractivity contribution < 1.29 is 27.5 Å². The van der Waals surface area contributed by atoms with Gasteiger partial charge in [0.05, 0.1) is 11.3 Å². The zero-order chi connectivity index (χ0) is 14.2. The van der Waals surface area contributed by atoms with E-state index in [9.17, 15) is 22.4 Å². The van der Waals surface area contributed by atoms with E-state index in [4.69, 9.17) is 5.11 Å². The number of aromatic nitrogens is 2. The topological polar surface area (TPSA) is 55.1 Å². The minimum atomic E-state index is -4.64. The fraction of sp³-hybridized carbons (Fsp3) is 0.0909. The van der Waals surface area contributed by atoms with Crippen LogP contribution in [-0.2, 0) is 6.18 Å². The molecule has 8 heteroatoms. The summed E-state index contributed by atoms with van der Waals surface area (Å²) in [6, 6.07) is 1.96. The van der Waals surface area contributed by atoms with Crippen molar-refractivity contribution in [2.45, 2.75) is 6.18 Å². The lowest BCUT2D eigenvalue weighted by Crippen LogP contribution is -2.06. The molecule has 0 aliphatic rings. The summed E-state index contributed by atoms with van der Waals surface area (Å²) >= 11 is 0. The van der Waals surface area contributed by atoms with Crippen LogP contribution in [0.25, 0.3) is 5.69 Å². The van der Waals surface area contributed by atoms with Crippen molar-refractivity contribution in [2.75, 3.05) is 0 Å². The van der Waals surface area contributed by atoms with Gasteiger partial charge >= 0.3 is 12.1 Å². The molecule has 1 heterocycles. The molecule has 0 aliphatic heterocycles. The van der Waals surface area contributed by atoms with Gasteiger partial charge in [0.1, 0.15) is 12.1 Å². The lowest BCUT2D eigenvalue weighted by Gasteiger charge is -2.09. The Hall–Kier alpha value is -2.38. The molecule has 4 nitrogen and oxygen atoms in total. The van der Waals surface area contributed by atoms with Gasteiger partial charge in [-0.2, -0.15) is 13.2 Å². The Labute approximate surface area is 103 Å². The van der Waals surface area contributed by atoms with Crippen molar-refractivity contribution >= 4 is 5.97 Å². The summed E-state index contributed by atoms with van der Waals surface area (Å²) in [7, 11) is 0. The predicted molar refractivity (Wildman–Crippen MR) is 55.5 cm³/mol. The number of carboxylic acids is 1. The van der Waals surface area contributed by atoms with Gasteiger partial charge in [-0.15, -0.1) is 0 Å². The van der Waals surface area contributed by atoms with Crippen molar-refractivity contribution in [2.24, 2.45) is 0 Å². The maximum absolute atomic E-state index is 13.6. The minimum absolute atomic E-state index is 0.215. The van der Waals surface area contributed by atoms with Crippen LogP contribution in [0.15, 0.2) is 30.7 Å². The van der Waals surface area contributed by atoms with Crippen LogP contribution in [-0.4, -0.2) is 20.6 Å². The zero-order valence-electron chi connectivity index (χ0n) is 9.15. The van der Waals surface area contributed by atoms with Gasteiger partial charge in [0.25, 0.3) is 0 Å². The Balaban J connectivity index is 2.43. The molecular weight excluding hydrogens is 268 g/mol. The molecule has 1 aromatic heterocycles. The summed E-state index contributed by atoms with van der Waals surface area (Å²) in [6.45, 7) is 0. The van der Waals surface area contributed by atoms with Gasteiger partial charge in [0.2, 0.25) is 0 Å². The maximum atomic E-state index is 13.6. The average molecular weight is 274 g/mol. The quantitative estimate of drug-likeness (QED) is 0.857. The highest BCUT2D eigenvalue weighted by Crippen LogP contribution is 2.30. The monoisotopic (exact) mass is 274 g/mol. The van der Waals surface area contributed by atoms with Crippen LogP contribution < -0.4 is 0 Å². The summed E-state index contributed by atoms with van der Waals surface area (Å²) in [4.78, 5) is 14.1. The summed E-state index contributed by atoms with van der Waals surface area (Å²) in [5, 5.41) is 8.65. The summed E-state index contributed by atoms with van der Waals surface area (Å²) in [5.41, 5.74) is -1.67. The van der Waals surface area contributed by atoms with E-state index >= 15 is 0 Å². The highest BCUT2D eigenvalue weighted by Gasteiger charge is 2.31. The fourth-order valence-electron chi connectivity index (χ4n) is 1.46. The molecular formula is C11H6F4N2O2. The molecule has 0 unspecified atom stereocenters. The second-order valence-corrected chi connectivity index (χ2v) is 3.64. The molecule has 2 rings (SSSR count). The molecule has 1 N–H and O–H groups in total. The summed E-state index contributed by atoms with van der Waals surface area (Å²) in [6.07, 6.45) is -2.62. The van der Waals surface area contributed by atoms with E-state index < -0.39 is 23.5 Å². The lowest BCUT2D eigenvalue weighted by molar-refractivity contribution is -0.137. The van der Waals surface area contributed by atoms with Crippen molar-refractivity contribution in [3.05, 3.63) is 47.8 Å². The average Bonchev–Trinajstić information content (AvgIpc) is 2.76. The predicted octanol–water partition coefficient (Wildman–Crippen LogP) is 2.73. The number of hydrogen-bond acceptors (Lipinski definition) is 2. The van der Waals surface area contributed by atoms with Crippen molar-refractivity contribution in [3.8, 4) is 5.69 Å². The van der Waals surface area contributed by atoms with Crippen LogP contribution in [0, 0.1) is 5.82 Å². The SMILES string of the molecule is O=C(O)c1cn(-c2ccc(C(F)(F)F)cc2F)cn1. The molecule has 0 aliphatic carbocycles. The van der Waals surface area contributed by atoms with E-state index in [1.807, 2.05) is 0 Å². The van der Waals surface area contributed by atoms with E-state index in [1.165, 1.54) is 0 Å². The first-order valence-corrected chi connectivity index (χ1v) is 4.93. The third kappa shape index (κ3) is 2.56. The molecule has 19 heavy (non-hydrogen) atoms. The van der Waals surface area contributed by atoms with Crippen LogP contribution in [0.2, 0.25) is 0 Å². The minimum Gasteiger partial charge on any atom is -0.476 e. The standard InChI is InChI=1S/C11H6F4N2O2/c12-7-3-6(11(13,14)15)1-2-9(7)17-4-8(10(18)19)16-5-17/h1-5H,(H,18,19). The number of carbonyl (C=O) groups is 1. The third-order valence-electron chi connectivity index (χ3n) is 2.35. The Bertz CT molecular complexity index is 634. The normalized spacial score (nSPS) is 11.6. The second-order valence-electron chi connectivity index (χ2n) is 3.64. The lowest BCUT2D eigenvalue weighted by atomic mass is 10.2. The number of hydrogen-bond donors (Lipinski definition) is 1. The Morgan fingerprint density at radius 3 is 2.47 bits per heavy atom. The third-order valence-corrected chi connectivity index (χ3v) is 2.35. The molecule has 0 spiro atoms. The Morgan fingerprint density at radius 2 is 2.00 bits per heavy atom. The largest absolute Gasteiger partial charge is 0.476 e. The molecule has 1 aromatic carbocycles. The van der Waals surface area contributed by atoms with E-state index in [0.717, 1.165) is 23.2 Å². The van der Waals surface area contributed by atoms with Crippen LogP contribution in [0.4, 0.5) is 17.6 Å². The number of aromatic carboxylic acids is 1. The second kappa shape index (κ2) is 4.38. The van der Waals surface area contributed by atoms with Gasteiger partial charge in [-0.1, -0.05) is 0 Å². The van der Waals surface area contributed by atoms with Crippen LogP contribution >= 0.6 is 0 Å².